The zero-order valence-corrected chi connectivity index (χ0v) is 17.2. The highest BCUT2D eigenvalue weighted by Crippen LogP contribution is 2.24. The zero-order valence-electron chi connectivity index (χ0n) is 17.2. The summed E-state index contributed by atoms with van der Waals surface area (Å²) in [6.45, 7) is 9.06. The molecule has 1 heterocycles. The monoisotopic (exact) mass is 386 g/mol. The Kier molecular flexibility index (Phi) is 7.45. The highest BCUT2D eigenvalue weighted by Gasteiger charge is 2.26. The molecule has 0 spiro atoms. The van der Waals surface area contributed by atoms with E-state index in [1.807, 2.05) is 12.1 Å². The molecule has 2 fully saturated rings. The number of nitrogens with one attached hydrogen (secondary N) is 2. The number of carbonyl (C=O) groups is 2. The van der Waals surface area contributed by atoms with Crippen LogP contribution in [0.4, 0.5) is 5.69 Å². The number of anilines is 1. The summed E-state index contributed by atoms with van der Waals surface area (Å²) < 4.78 is 0. The first-order valence-electron chi connectivity index (χ1n) is 10.7. The maximum atomic E-state index is 12.6. The highest BCUT2D eigenvalue weighted by atomic mass is 16.2. The van der Waals surface area contributed by atoms with E-state index >= 15 is 0 Å². The normalized spacial score (nSPS) is 19.1. The van der Waals surface area contributed by atoms with Crippen molar-refractivity contribution in [3.8, 4) is 0 Å². The molecule has 0 radical (unpaired) electrons. The van der Waals surface area contributed by atoms with Crippen LogP contribution in [0.5, 0.6) is 0 Å². The molecule has 1 aromatic carbocycles. The van der Waals surface area contributed by atoms with Crippen LogP contribution in [0.1, 0.15) is 49.9 Å². The van der Waals surface area contributed by atoms with Crippen LogP contribution in [0.2, 0.25) is 0 Å². The van der Waals surface area contributed by atoms with E-state index in [1.165, 1.54) is 25.7 Å². The number of piperazine rings is 1. The van der Waals surface area contributed by atoms with Crippen LogP contribution >= 0.6 is 0 Å². The van der Waals surface area contributed by atoms with Gasteiger partial charge in [-0.05, 0) is 30.9 Å². The molecule has 1 aliphatic carbocycles. The summed E-state index contributed by atoms with van der Waals surface area (Å²) in [4.78, 5) is 29.8. The summed E-state index contributed by atoms with van der Waals surface area (Å²) in [7, 11) is 0. The van der Waals surface area contributed by atoms with Crippen LogP contribution in [0, 0.1) is 5.92 Å². The number of hydrogen-bond donors (Lipinski definition) is 2. The molecule has 1 saturated carbocycles. The fourth-order valence-corrected chi connectivity index (χ4v) is 4.13. The lowest BCUT2D eigenvalue weighted by Crippen LogP contribution is -2.51. The highest BCUT2D eigenvalue weighted by molar-refractivity contribution is 6.04. The predicted molar refractivity (Wildman–Crippen MR) is 113 cm³/mol. The average Bonchev–Trinajstić information content (AvgIpc) is 3.22. The van der Waals surface area contributed by atoms with Crippen molar-refractivity contribution in [1.29, 1.82) is 0 Å². The van der Waals surface area contributed by atoms with Gasteiger partial charge in [-0.15, -0.1) is 0 Å². The van der Waals surface area contributed by atoms with Crippen LogP contribution in [0.15, 0.2) is 24.3 Å². The minimum absolute atomic E-state index is 0.0570. The maximum Gasteiger partial charge on any atom is 0.253 e. The van der Waals surface area contributed by atoms with Gasteiger partial charge in [0, 0.05) is 38.8 Å². The van der Waals surface area contributed by atoms with Crippen LogP contribution in [0.25, 0.3) is 0 Å². The third-order valence-corrected chi connectivity index (χ3v) is 5.73. The van der Waals surface area contributed by atoms with Crippen molar-refractivity contribution >= 4 is 17.5 Å². The van der Waals surface area contributed by atoms with Crippen molar-refractivity contribution in [3.63, 3.8) is 0 Å². The van der Waals surface area contributed by atoms with Gasteiger partial charge >= 0.3 is 0 Å². The summed E-state index contributed by atoms with van der Waals surface area (Å²) in [5.41, 5.74) is 1.10. The van der Waals surface area contributed by atoms with Gasteiger partial charge in [-0.2, -0.15) is 0 Å². The molecule has 154 valence electrons. The van der Waals surface area contributed by atoms with Gasteiger partial charge in [-0.25, -0.2) is 0 Å². The van der Waals surface area contributed by atoms with Crippen molar-refractivity contribution < 1.29 is 9.59 Å². The number of carbonyl (C=O) groups excluding carboxylic acids is 2. The van der Waals surface area contributed by atoms with Gasteiger partial charge in [0.05, 0.1) is 17.8 Å². The molecule has 0 unspecified atom stereocenters. The first-order chi connectivity index (χ1) is 13.5. The standard InChI is InChI=1S/C22H34N4O2/c1-17(2)15-23-22(28)19-9-5-6-10-20(19)24-21(27)16-25-11-13-26(14-12-25)18-7-3-4-8-18/h5-6,9-10,17-18H,3-4,7-8,11-16H2,1-2H3,(H,23,28)(H,24,27). The third kappa shape index (κ3) is 5.79. The molecule has 0 aromatic heterocycles. The van der Waals surface area contributed by atoms with Crippen LogP contribution in [-0.4, -0.2) is 66.9 Å². The maximum absolute atomic E-state index is 12.6. The minimum atomic E-state index is -0.144. The van der Waals surface area contributed by atoms with Crippen molar-refractivity contribution in [2.24, 2.45) is 5.92 Å². The molecule has 1 aromatic rings. The van der Waals surface area contributed by atoms with Gasteiger partial charge in [0.2, 0.25) is 5.91 Å². The van der Waals surface area contributed by atoms with E-state index in [0.29, 0.717) is 30.3 Å². The van der Waals surface area contributed by atoms with Gasteiger partial charge in [0.15, 0.2) is 0 Å². The van der Waals surface area contributed by atoms with Crippen molar-refractivity contribution in [2.75, 3.05) is 44.6 Å². The van der Waals surface area contributed by atoms with Crippen molar-refractivity contribution in [2.45, 2.75) is 45.6 Å². The Bertz CT molecular complexity index is 662. The summed E-state index contributed by atoms with van der Waals surface area (Å²) in [6.07, 6.45) is 5.38. The van der Waals surface area contributed by atoms with E-state index in [1.54, 1.807) is 12.1 Å². The fourth-order valence-electron chi connectivity index (χ4n) is 4.13. The molecule has 28 heavy (non-hydrogen) atoms. The molecule has 0 atom stereocenters. The van der Waals surface area contributed by atoms with E-state index in [9.17, 15) is 9.59 Å². The summed E-state index contributed by atoms with van der Waals surface area (Å²) in [6, 6.07) is 7.97. The van der Waals surface area contributed by atoms with E-state index in [-0.39, 0.29) is 11.8 Å². The van der Waals surface area contributed by atoms with Gasteiger partial charge in [0.25, 0.3) is 5.91 Å². The summed E-state index contributed by atoms with van der Waals surface area (Å²) in [5.74, 6) is 0.182. The van der Waals surface area contributed by atoms with Gasteiger partial charge in [-0.1, -0.05) is 38.8 Å². The Morgan fingerprint density at radius 2 is 1.75 bits per heavy atom. The van der Waals surface area contributed by atoms with E-state index in [0.717, 1.165) is 32.2 Å². The molecule has 6 heteroatoms. The zero-order chi connectivity index (χ0) is 19.9. The average molecular weight is 387 g/mol. The number of hydrogen-bond acceptors (Lipinski definition) is 4. The Morgan fingerprint density at radius 1 is 1.07 bits per heavy atom. The summed E-state index contributed by atoms with van der Waals surface area (Å²) in [5, 5.41) is 5.86. The second kappa shape index (κ2) is 10.0. The molecule has 3 rings (SSSR count). The van der Waals surface area contributed by atoms with Gasteiger partial charge in [0.1, 0.15) is 0 Å². The van der Waals surface area contributed by atoms with E-state index in [4.69, 9.17) is 0 Å². The second-order valence-corrected chi connectivity index (χ2v) is 8.45. The van der Waals surface area contributed by atoms with Gasteiger partial charge < -0.3 is 10.6 Å². The number of amides is 2. The molecular weight excluding hydrogens is 352 g/mol. The Morgan fingerprint density at radius 3 is 2.43 bits per heavy atom. The quantitative estimate of drug-likeness (QED) is 0.756. The Balaban J connectivity index is 1.49. The molecule has 2 N–H and O–H groups in total. The number of para-hydroxylation sites is 1. The molecule has 2 aliphatic rings. The molecule has 0 bridgehead atoms. The smallest absolute Gasteiger partial charge is 0.253 e. The third-order valence-electron chi connectivity index (χ3n) is 5.73. The first kappa shape index (κ1) is 20.8. The number of benzene rings is 1. The molecular formula is C22H34N4O2. The second-order valence-electron chi connectivity index (χ2n) is 8.45. The Labute approximate surface area is 168 Å². The lowest BCUT2D eigenvalue weighted by Gasteiger charge is -2.37. The molecule has 2 amide bonds. The van der Waals surface area contributed by atoms with Crippen LogP contribution < -0.4 is 10.6 Å². The number of nitrogens with zero attached hydrogens (tertiary/aromatic N) is 2. The van der Waals surface area contributed by atoms with E-state index < -0.39 is 0 Å². The van der Waals surface area contributed by atoms with Gasteiger partial charge in [-0.3, -0.25) is 19.4 Å². The predicted octanol–water partition coefficient (Wildman–Crippen LogP) is 2.57. The van der Waals surface area contributed by atoms with Crippen LogP contribution in [0.3, 0.4) is 0 Å². The number of rotatable bonds is 7. The molecule has 1 aliphatic heterocycles. The van der Waals surface area contributed by atoms with Crippen LogP contribution in [-0.2, 0) is 4.79 Å². The van der Waals surface area contributed by atoms with Crippen molar-refractivity contribution in [1.82, 2.24) is 15.1 Å². The fraction of sp³-hybridized carbons (Fsp3) is 0.636. The molecule has 6 nitrogen and oxygen atoms in total. The minimum Gasteiger partial charge on any atom is -0.352 e. The van der Waals surface area contributed by atoms with Crippen molar-refractivity contribution in [3.05, 3.63) is 29.8 Å². The first-order valence-corrected chi connectivity index (χ1v) is 10.7. The van der Waals surface area contributed by atoms with E-state index in [2.05, 4.69) is 34.3 Å². The lowest BCUT2D eigenvalue weighted by atomic mass is 10.1. The summed E-state index contributed by atoms with van der Waals surface area (Å²) >= 11 is 0. The largest absolute Gasteiger partial charge is 0.352 e. The SMILES string of the molecule is CC(C)CNC(=O)c1ccccc1NC(=O)CN1CCN(C2CCCC2)CC1. The Hall–Kier alpha value is -1.92. The topological polar surface area (TPSA) is 64.7 Å². The molecule has 1 saturated heterocycles. The lowest BCUT2D eigenvalue weighted by molar-refractivity contribution is -0.117.